The molecule has 0 bridgehead atoms. The normalized spacial score (nSPS) is 23.3. The molecule has 2 fully saturated rings. The van der Waals surface area contributed by atoms with Crippen molar-refractivity contribution in [1.29, 1.82) is 0 Å². The van der Waals surface area contributed by atoms with Crippen molar-refractivity contribution in [2.75, 3.05) is 0 Å². The highest BCUT2D eigenvalue weighted by Gasteiger charge is 2.46. The summed E-state index contributed by atoms with van der Waals surface area (Å²) >= 11 is 0. The summed E-state index contributed by atoms with van der Waals surface area (Å²) in [4.78, 5) is 35.1. The monoisotopic (exact) mass is 355 g/mol. The third-order valence-electron chi connectivity index (χ3n) is 5.45. The SMILES string of the molecule is CCc1[nH]ccc1C(=O)N[C@@H]1CCC(=O)N(C2CC2)[C@H]1c1nccn1C. The molecule has 7 heteroatoms. The van der Waals surface area contributed by atoms with Gasteiger partial charge in [0, 0.05) is 43.8 Å². The van der Waals surface area contributed by atoms with Crippen LogP contribution in [0.15, 0.2) is 24.7 Å². The van der Waals surface area contributed by atoms with Crippen molar-refractivity contribution in [2.45, 2.75) is 57.2 Å². The lowest BCUT2D eigenvalue weighted by Gasteiger charge is -2.41. The van der Waals surface area contributed by atoms with Crippen LogP contribution in [0.3, 0.4) is 0 Å². The largest absolute Gasteiger partial charge is 0.364 e. The summed E-state index contributed by atoms with van der Waals surface area (Å²) < 4.78 is 1.95. The molecular formula is C19H25N5O2. The molecule has 2 N–H and O–H groups in total. The first kappa shape index (κ1) is 16.9. The van der Waals surface area contributed by atoms with E-state index in [1.54, 1.807) is 12.4 Å². The number of amides is 2. The van der Waals surface area contributed by atoms with Gasteiger partial charge in [0.2, 0.25) is 5.91 Å². The summed E-state index contributed by atoms with van der Waals surface area (Å²) in [5.74, 6) is 0.916. The van der Waals surface area contributed by atoms with Gasteiger partial charge in [0.05, 0.1) is 11.6 Å². The number of nitrogens with zero attached hydrogens (tertiary/aromatic N) is 3. The van der Waals surface area contributed by atoms with Gasteiger partial charge in [-0.3, -0.25) is 9.59 Å². The number of hydrogen-bond acceptors (Lipinski definition) is 3. The summed E-state index contributed by atoms with van der Waals surface area (Å²) in [7, 11) is 1.94. The lowest BCUT2D eigenvalue weighted by Crippen LogP contribution is -2.53. The van der Waals surface area contributed by atoms with E-state index in [2.05, 4.69) is 15.3 Å². The smallest absolute Gasteiger partial charge is 0.253 e. The Kier molecular flexibility index (Phi) is 4.30. The molecule has 2 amide bonds. The molecule has 3 heterocycles. The van der Waals surface area contributed by atoms with Gasteiger partial charge in [0.25, 0.3) is 5.91 Å². The van der Waals surface area contributed by atoms with Gasteiger partial charge in [-0.1, -0.05) is 6.92 Å². The van der Waals surface area contributed by atoms with E-state index < -0.39 is 0 Å². The quantitative estimate of drug-likeness (QED) is 0.860. The van der Waals surface area contributed by atoms with Crippen LogP contribution in [0.4, 0.5) is 0 Å². The molecule has 7 nitrogen and oxygen atoms in total. The maximum atomic E-state index is 12.9. The van der Waals surface area contributed by atoms with Crippen LogP contribution in [0, 0.1) is 0 Å². The lowest BCUT2D eigenvalue weighted by atomic mass is 9.93. The number of aromatic nitrogens is 3. The standard InChI is InChI=1S/C19H25N5O2/c1-3-14-13(8-9-20-14)19(26)22-15-6-7-16(25)24(12-4-5-12)17(15)18-21-10-11-23(18)2/h8-12,15,17,20H,3-7H2,1-2H3,(H,22,26)/t15-,17-/m1/s1. The fourth-order valence-electron chi connectivity index (χ4n) is 3.97. The number of H-pyrrole nitrogens is 1. The van der Waals surface area contributed by atoms with Crippen molar-refractivity contribution in [3.8, 4) is 0 Å². The van der Waals surface area contributed by atoms with Crippen molar-refractivity contribution in [1.82, 2.24) is 24.8 Å². The van der Waals surface area contributed by atoms with Crippen molar-refractivity contribution in [3.63, 3.8) is 0 Å². The van der Waals surface area contributed by atoms with Gasteiger partial charge in [-0.25, -0.2) is 4.98 Å². The average Bonchev–Trinajstić information content (AvgIpc) is 3.18. The molecular weight excluding hydrogens is 330 g/mol. The Hall–Kier alpha value is -2.57. The van der Waals surface area contributed by atoms with E-state index in [9.17, 15) is 9.59 Å². The second kappa shape index (κ2) is 6.63. The highest BCUT2D eigenvalue weighted by Crippen LogP contribution is 2.40. The predicted molar refractivity (Wildman–Crippen MR) is 96.5 cm³/mol. The number of carbonyl (C=O) groups is 2. The van der Waals surface area contributed by atoms with E-state index in [1.807, 2.05) is 35.7 Å². The Morgan fingerprint density at radius 3 is 2.85 bits per heavy atom. The lowest BCUT2D eigenvalue weighted by molar-refractivity contribution is -0.138. The number of likely N-dealkylation sites (tertiary alicyclic amines) is 1. The van der Waals surface area contributed by atoms with Crippen LogP contribution in [0.25, 0.3) is 0 Å². The molecule has 26 heavy (non-hydrogen) atoms. The number of aromatic amines is 1. The third kappa shape index (κ3) is 2.91. The Morgan fingerprint density at radius 1 is 1.38 bits per heavy atom. The minimum absolute atomic E-state index is 0.0857. The first-order valence-electron chi connectivity index (χ1n) is 9.35. The van der Waals surface area contributed by atoms with Crippen LogP contribution in [-0.4, -0.2) is 43.3 Å². The second-order valence-corrected chi connectivity index (χ2v) is 7.22. The number of nitrogens with one attached hydrogen (secondary N) is 2. The van der Waals surface area contributed by atoms with E-state index in [0.29, 0.717) is 18.4 Å². The number of carbonyl (C=O) groups excluding carboxylic acids is 2. The summed E-state index contributed by atoms with van der Waals surface area (Å²) in [6, 6.07) is 1.75. The molecule has 138 valence electrons. The fourth-order valence-corrected chi connectivity index (χ4v) is 3.97. The summed E-state index contributed by atoms with van der Waals surface area (Å²) in [6.07, 6.45) is 9.38. The van der Waals surface area contributed by atoms with E-state index in [4.69, 9.17) is 0 Å². The van der Waals surface area contributed by atoms with Crippen molar-refractivity contribution >= 4 is 11.8 Å². The zero-order valence-electron chi connectivity index (χ0n) is 15.2. The molecule has 0 radical (unpaired) electrons. The minimum Gasteiger partial charge on any atom is -0.364 e. The number of hydrogen-bond donors (Lipinski definition) is 2. The van der Waals surface area contributed by atoms with Gasteiger partial charge >= 0.3 is 0 Å². The van der Waals surface area contributed by atoms with Gasteiger partial charge in [-0.15, -0.1) is 0 Å². The molecule has 0 unspecified atom stereocenters. The maximum absolute atomic E-state index is 12.9. The maximum Gasteiger partial charge on any atom is 0.253 e. The van der Waals surface area contributed by atoms with Crippen LogP contribution in [0.1, 0.15) is 60.5 Å². The van der Waals surface area contributed by atoms with E-state index in [-0.39, 0.29) is 29.9 Å². The minimum atomic E-state index is -0.211. The van der Waals surface area contributed by atoms with Crippen LogP contribution < -0.4 is 5.32 Å². The van der Waals surface area contributed by atoms with Crippen molar-refractivity contribution in [3.05, 3.63) is 41.7 Å². The number of imidazole rings is 1. The Balaban J connectivity index is 1.63. The fraction of sp³-hybridized carbons (Fsp3) is 0.526. The topological polar surface area (TPSA) is 83.0 Å². The molecule has 1 aliphatic heterocycles. The van der Waals surface area contributed by atoms with Crippen molar-refractivity contribution < 1.29 is 9.59 Å². The first-order chi connectivity index (χ1) is 12.6. The highest BCUT2D eigenvalue weighted by molar-refractivity contribution is 5.95. The van der Waals surface area contributed by atoms with Crippen LogP contribution >= 0.6 is 0 Å². The summed E-state index contributed by atoms with van der Waals surface area (Å²) in [5.41, 5.74) is 1.61. The Bertz CT molecular complexity index is 820. The number of piperidine rings is 1. The molecule has 0 spiro atoms. The van der Waals surface area contributed by atoms with Gasteiger partial charge in [0.15, 0.2) is 0 Å². The zero-order chi connectivity index (χ0) is 18.3. The molecule has 0 aromatic carbocycles. The average molecular weight is 355 g/mol. The van der Waals surface area contributed by atoms with Crippen LogP contribution in [0.5, 0.6) is 0 Å². The number of rotatable bonds is 5. The molecule has 2 atom stereocenters. The van der Waals surface area contributed by atoms with E-state index >= 15 is 0 Å². The Morgan fingerprint density at radius 2 is 2.19 bits per heavy atom. The molecule has 1 aliphatic carbocycles. The molecule has 2 aliphatic rings. The third-order valence-corrected chi connectivity index (χ3v) is 5.45. The molecule has 4 rings (SSSR count). The van der Waals surface area contributed by atoms with Gasteiger partial charge in [0.1, 0.15) is 11.9 Å². The predicted octanol–water partition coefficient (Wildman–Crippen LogP) is 1.94. The summed E-state index contributed by atoms with van der Waals surface area (Å²) in [6.45, 7) is 2.02. The highest BCUT2D eigenvalue weighted by atomic mass is 16.2. The number of aryl methyl sites for hydroxylation is 2. The molecule has 1 saturated heterocycles. The van der Waals surface area contributed by atoms with Crippen LogP contribution in [0.2, 0.25) is 0 Å². The van der Waals surface area contributed by atoms with E-state index in [0.717, 1.165) is 30.8 Å². The van der Waals surface area contributed by atoms with Gasteiger partial charge in [-0.05, 0) is 31.7 Å². The molecule has 2 aromatic rings. The summed E-state index contributed by atoms with van der Waals surface area (Å²) in [5, 5.41) is 3.19. The molecule has 1 saturated carbocycles. The zero-order valence-corrected chi connectivity index (χ0v) is 15.2. The van der Waals surface area contributed by atoms with Gasteiger partial charge < -0.3 is 19.8 Å². The Labute approximate surface area is 152 Å². The molecule has 2 aromatic heterocycles. The van der Waals surface area contributed by atoms with Gasteiger partial charge in [-0.2, -0.15) is 0 Å². The van der Waals surface area contributed by atoms with Crippen molar-refractivity contribution in [2.24, 2.45) is 7.05 Å². The van der Waals surface area contributed by atoms with Crippen LogP contribution in [-0.2, 0) is 18.3 Å². The van der Waals surface area contributed by atoms with E-state index in [1.165, 1.54) is 0 Å². The first-order valence-corrected chi connectivity index (χ1v) is 9.35. The second-order valence-electron chi connectivity index (χ2n) is 7.22.